The summed E-state index contributed by atoms with van der Waals surface area (Å²) < 4.78 is 13.6. The third kappa shape index (κ3) is 4.33. The topological polar surface area (TPSA) is 26.0 Å². The summed E-state index contributed by atoms with van der Waals surface area (Å²) in [5.74, 6) is -0.267. The van der Waals surface area contributed by atoms with Crippen LogP contribution in [0.1, 0.15) is 24.4 Å². The molecule has 0 aromatic heterocycles. The Balaban J connectivity index is 0.00000196. The van der Waals surface area contributed by atoms with Crippen LogP contribution in [0.25, 0.3) is 0 Å². The van der Waals surface area contributed by atoms with E-state index in [2.05, 4.69) is 22.5 Å². The van der Waals surface area contributed by atoms with E-state index in [0.29, 0.717) is 4.47 Å². The second kappa shape index (κ2) is 6.99. The van der Waals surface area contributed by atoms with Crippen LogP contribution in [0.3, 0.4) is 0 Å². The molecule has 2 N–H and O–H groups in total. The molecule has 1 aromatic carbocycles. The zero-order valence-corrected chi connectivity index (χ0v) is 10.7. The minimum Gasteiger partial charge on any atom is -0.324 e. The molecule has 0 heterocycles. The molecule has 0 saturated heterocycles. The van der Waals surface area contributed by atoms with Crippen LogP contribution in [0, 0.1) is 5.82 Å². The summed E-state index contributed by atoms with van der Waals surface area (Å²) in [6, 6.07) is 4.87. The lowest BCUT2D eigenvalue weighted by molar-refractivity contribution is 0.606. The standard InChI is InChI=1S/C11H13BrFN.ClH/c1-2-3-4-11(14)8-5-6-9(12)10(13)7-8;/h2,5-7,11H,1,3-4,14H2;1H/t11-;/m1./s1. The van der Waals surface area contributed by atoms with Gasteiger partial charge in [-0.3, -0.25) is 0 Å². The van der Waals surface area contributed by atoms with Gasteiger partial charge in [-0.05, 0) is 46.5 Å². The maximum absolute atomic E-state index is 13.1. The molecule has 0 amide bonds. The summed E-state index contributed by atoms with van der Waals surface area (Å²) in [7, 11) is 0. The smallest absolute Gasteiger partial charge is 0.137 e. The van der Waals surface area contributed by atoms with E-state index in [1.54, 1.807) is 6.07 Å². The number of hydrogen-bond acceptors (Lipinski definition) is 1. The van der Waals surface area contributed by atoms with Gasteiger partial charge in [-0.15, -0.1) is 19.0 Å². The predicted molar refractivity (Wildman–Crippen MR) is 67.7 cm³/mol. The molecule has 15 heavy (non-hydrogen) atoms. The summed E-state index contributed by atoms with van der Waals surface area (Å²) in [6.45, 7) is 3.62. The van der Waals surface area contributed by atoms with Crippen LogP contribution in [0.15, 0.2) is 35.3 Å². The lowest BCUT2D eigenvalue weighted by atomic mass is 10.0. The average molecular weight is 295 g/mol. The van der Waals surface area contributed by atoms with Gasteiger partial charge in [0.15, 0.2) is 0 Å². The zero-order chi connectivity index (χ0) is 10.6. The Kier molecular flexibility index (Phi) is 6.81. The van der Waals surface area contributed by atoms with E-state index in [1.807, 2.05) is 12.1 Å². The highest BCUT2D eigenvalue weighted by molar-refractivity contribution is 9.10. The molecule has 84 valence electrons. The molecule has 0 aliphatic rings. The summed E-state index contributed by atoms with van der Waals surface area (Å²) >= 11 is 3.10. The SMILES string of the molecule is C=CCC[C@@H](N)c1ccc(Br)c(F)c1.Cl. The number of benzene rings is 1. The highest BCUT2D eigenvalue weighted by atomic mass is 79.9. The molecule has 0 fully saturated rings. The quantitative estimate of drug-likeness (QED) is 0.835. The van der Waals surface area contributed by atoms with E-state index in [-0.39, 0.29) is 24.3 Å². The van der Waals surface area contributed by atoms with Crippen LogP contribution < -0.4 is 5.73 Å². The molecule has 0 unspecified atom stereocenters. The number of halogens is 3. The monoisotopic (exact) mass is 293 g/mol. The molecule has 1 aromatic rings. The molecule has 0 aliphatic heterocycles. The van der Waals surface area contributed by atoms with E-state index in [9.17, 15) is 4.39 Å². The third-order valence-electron chi connectivity index (χ3n) is 2.05. The molecule has 4 heteroatoms. The first-order chi connectivity index (χ1) is 6.65. The van der Waals surface area contributed by atoms with Crippen molar-refractivity contribution in [2.75, 3.05) is 0 Å². The predicted octanol–water partition coefficient (Wildman–Crippen LogP) is 3.98. The fourth-order valence-electron chi connectivity index (χ4n) is 1.21. The van der Waals surface area contributed by atoms with Gasteiger partial charge in [0.05, 0.1) is 4.47 Å². The Morgan fingerprint density at radius 2 is 2.20 bits per heavy atom. The largest absolute Gasteiger partial charge is 0.324 e. The van der Waals surface area contributed by atoms with E-state index in [1.165, 1.54) is 6.07 Å². The van der Waals surface area contributed by atoms with Gasteiger partial charge in [0, 0.05) is 6.04 Å². The van der Waals surface area contributed by atoms with Crippen molar-refractivity contribution in [2.24, 2.45) is 5.73 Å². The Morgan fingerprint density at radius 3 is 2.73 bits per heavy atom. The van der Waals surface area contributed by atoms with Gasteiger partial charge in [-0.1, -0.05) is 12.1 Å². The Bertz CT molecular complexity index is 330. The summed E-state index contributed by atoms with van der Waals surface area (Å²) in [5.41, 5.74) is 6.70. The molecule has 0 aliphatic carbocycles. The normalized spacial score (nSPS) is 11.7. The molecule has 0 spiro atoms. The highest BCUT2D eigenvalue weighted by Crippen LogP contribution is 2.21. The fraction of sp³-hybridized carbons (Fsp3) is 0.273. The molecule has 1 atom stereocenters. The number of nitrogens with two attached hydrogens (primary N) is 1. The van der Waals surface area contributed by atoms with Crippen molar-refractivity contribution in [1.29, 1.82) is 0 Å². The lowest BCUT2D eigenvalue weighted by Gasteiger charge is -2.10. The van der Waals surface area contributed by atoms with Gasteiger partial charge < -0.3 is 5.73 Å². The van der Waals surface area contributed by atoms with Gasteiger partial charge in [-0.25, -0.2) is 4.39 Å². The van der Waals surface area contributed by atoms with Crippen LogP contribution in [0.4, 0.5) is 4.39 Å². The van der Waals surface area contributed by atoms with Gasteiger partial charge in [-0.2, -0.15) is 0 Å². The van der Waals surface area contributed by atoms with Crippen molar-refractivity contribution >= 4 is 28.3 Å². The lowest BCUT2D eigenvalue weighted by Crippen LogP contribution is -2.09. The second-order valence-electron chi connectivity index (χ2n) is 3.15. The van der Waals surface area contributed by atoms with Crippen LogP contribution in [0.2, 0.25) is 0 Å². The highest BCUT2D eigenvalue weighted by Gasteiger charge is 2.07. The molecule has 0 bridgehead atoms. The van der Waals surface area contributed by atoms with Crippen molar-refractivity contribution in [1.82, 2.24) is 0 Å². The molecule has 1 nitrogen and oxygen atoms in total. The summed E-state index contributed by atoms with van der Waals surface area (Å²) in [4.78, 5) is 0. The first kappa shape index (κ1) is 14.6. The van der Waals surface area contributed by atoms with Crippen molar-refractivity contribution in [3.63, 3.8) is 0 Å². The zero-order valence-electron chi connectivity index (χ0n) is 8.25. The summed E-state index contributed by atoms with van der Waals surface area (Å²) in [5, 5.41) is 0. The number of allylic oxidation sites excluding steroid dienone is 1. The molecule has 0 radical (unpaired) electrons. The second-order valence-corrected chi connectivity index (χ2v) is 4.00. The minimum atomic E-state index is -0.267. The average Bonchev–Trinajstić information content (AvgIpc) is 2.18. The van der Waals surface area contributed by atoms with Crippen LogP contribution in [0.5, 0.6) is 0 Å². The van der Waals surface area contributed by atoms with E-state index in [4.69, 9.17) is 5.73 Å². The van der Waals surface area contributed by atoms with E-state index in [0.717, 1.165) is 18.4 Å². The maximum Gasteiger partial charge on any atom is 0.137 e. The van der Waals surface area contributed by atoms with Crippen molar-refractivity contribution in [3.05, 3.63) is 46.7 Å². The van der Waals surface area contributed by atoms with Crippen LogP contribution in [-0.2, 0) is 0 Å². The first-order valence-corrected chi connectivity index (χ1v) is 5.26. The van der Waals surface area contributed by atoms with Crippen molar-refractivity contribution < 1.29 is 4.39 Å². The molecular formula is C11H14BrClFN. The van der Waals surface area contributed by atoms with Crippen LogP contribution >= 0.6 is 28.3 Å². The van der Waals surface area contributed by atoms with Gasteiger partial charge in [0.2, 0.25) is 0 Å². The van der Waals surface area contributed by atoms with E-state index < -0.39 is 0 Å². The van der Waals surface area contributed by atoms with E-state index >= 15 is 0 Å². The molecule has 0 saturated carbocycles. The number of rotatable bonds is 4. The summed E-state index contributed by atoms with van der Waals surface area (Å²) in [6.07, 6.45) is 3.46. The molecule has 1 rings (SSSR count). The Morgan fingerprint density at radius 1 is 1.53 bits per heavy atom. The third-order valence-corrected chi connectivity index (χ3v) is 2.70. The van der Waals surface area contributed by atoms with Crippen molar-refractivity contribution in [2.45, 2.75) is 18.9 Å². The van der Waals surface area contributed by atoms with Gasteiger partial charge in [0.1, 0.15) is 5.82 Å². The van der Waals surface area contributed by atoms with Crippen LogP contribution in [-0.4, -0.2) is 0 Å². The van der Waals surface area contributed by atoms with Gasteiger partial charge in [0.25, 0.3) is 0 Å². The molecular weight excluding hydrogens is 280 g/mol. The fourth-order valence-corrected chi connectivity index (χ4v) is 1.45. The van der Waals surface area contributed by atoms with Crippen molar-refractivity contribution in [3.8, 4) is 0 Å². The maximum atomic E-state index is 13.1. The first-order valence-electron chi connectivity index (χ1n) is 4.46. The minimum absolute atomic E-state index is 0. The number of hydrogen-bond donors (Lipinski definition) is 1. The Labute approximate surface area is 104 Å². The van der Waals surface area contributed by atoms with Gasteiger partial charge >= 0.3 is 0 Å². The Hall–Kier alpha value is -0.380.